The van der Waals surface area contributed by atoms with Crippen LogP contribution in [0.5, 0.6) is 0 Å². The van der Waals surface area contributed by atoms with Gasteiger partial charge in [0.05, 0.1) is 10.7 Å². The van der Waals surface area contributed by atoms with Crippen LogP contribution in [-0.2, 0) is 5.33 Å². The lowest BCUT2D eigenvalue weighted by Crippen LogP contribution is -1.99. The Morgan fingerprint density at radius 2 is 2.23 bits per heavy atom. The Morgan fingerprint density at radius 3 is 2.69 bits per heavy atom. The number of halogens is 4. The van der Waals surface area contributed by atoms with Crippen LogP contribution in [0.4, 0.5) is 8.78 Å². The first-order valence-corrected chi connectivity index (χ1v) is 5.05. The van der Waals surface area contributed by atoms with Crippen LogP contribution in [0.3, 0.4) is 0 Å². The van der Waals surface area contributed by atoms with Crippen molar-refractivity contribution in [1.82, 2.24) is 4.98 Å². The summed E-state index contributed by atoms with van der Waals surface area (Å²) in [6, 6.07) is 0. The van der Waals surface area contributed by atoms with Gasteiger partial charge >= 0.3 is 0 Å². The van der Waals surface area contributed by atoms with Crippen molar-refractivity contribution >= 4 is 27.5 Å². The maximum Gasteiger partial charge on any atom is 0.265 e. The molecular formula is C8H7BrClF2N. The summed E-state index contributed by atoms with van der Waals surface area (Å²) in [4.78, 5) is 3.82. The first kappa shape index (κ1) is 10.9. The molecule has 0 bridgehead atoms. The average Bonchev–Trinajstić information content (AvgIpc) is 2.08. The van der Waals surface area contributed by atoms with E-state index in [1.54, 1.807) is 6.92 Å². The topological polar surface area (TPSA) is 12.9 Å². The maximum atomic E-state index is 12.5. The highest BCUT2D eigenvalue weighted by atomic mass is 79.9. The summed E-state index contributed by atoms with van der Waals surface area (Å²) >= 11 is 8.77. The third-order valence-corrected chi connectivity index (χ3v) is 2.66. The number of nitrogens with zero attached hydrogens (tertiary/aromatic N) is 1. The highest BCUT2D eigenvalue weighted by Gasteiger charge is 2.18. The normalized spacial score (nSPS) is 10.9. The van der Waals surface area contributed by atoms with Gasteiger partial charge in [-0.1, -0.05) is 27.5 Å². The van der Waals surface area contributed by atoms with Crippen LogP contribution in [-0.4, -0.2) is 4.98 Å². The van der Waals surface area contributed by atoms with Crippen molar-refractivity contribution in [2.75, 3.05) is 0 Å². The Kier molecular flexibility index (Phi) is 3.62. The number of alkyl halides is 3. The van der Waals surface area contributed by atoms with Crippen LogP contribution in [0.25, 0.3) is 0 Å². The minimum Gasteiger partial charge on any atom is -0.258 e. The molecule has 0 aliphatic heterocycles. The van der Waals surface area contributed by atoms with Gasteiger partial charge in [0.2, 0.25) is 0 Å². The molecule has 0 spiro atoms. The van der Waals surface area contributed by atoms with Gasteiger partial charge in [-0.25, -0.2) is 8.78 Å². The molecule has 72 valence electrons. The van der Waals surface area contributed by atoms with Gasteiger partial charge in [-0.05, 0) is 12.5 Å². The summed E-state index contributed by atoms with van der Waals surface area (Å²) < 4.78 is 25.1. The fourth-order valence-corrected chi connectivity index (χ4v) is 1.64. The minimum atomic E-state index is -2.53. The predicted molar refractivity (Wildman–Crippen MR) is 51.6 cm³/mol. The zero-order valence-corrected chi connectivity index (χ0v) is 9.16. The quantitative estimate of drug-likeness (QED) is 0.743. The van der Waals surface area contributed by atoms with E-state index in [1.807, 2.05) is 0 Å². The van der Waals surface area contributed by atoms with Crippen molar-refractivity contribution in [2.45, 2.75) is 18.7 Å². The molecule has 1 nitrogen and oxygen atoms in total. The van der Waals surface area contributed by atoms with Gasteiger partial charge in [0.1, 0.15) is 0 Å². The van der Waals surface area contributed by atoms with Crippen LogP contribution < -0.4 is 0 Å². The Bertz CT molecular complexity index is 317. The minimum absolute atomic E-state index is 0.0654. The molecule has 1 heterocycles. The Balaban J connectivity index is 3.32. The molecule has 0 N–H and O–H groups in total. The highest BCUT2D eigenvalue weighted by Crippen LogP contribution is 2.30. The lowest BCUT2D eigenvalue weighted by atomic mass is 10.1. The zero-order chi connectivity index (χ0) is 10.0. The van der Waals surface area contributed by atoms with Gasteiger partial charge in [-0.2, -0.15) is 0 Å². The SMILES string of the molecule is Cc1c(Cl)cnc(CBr)c1C(F)F. The van der Waals surface area contributed by atoms with E-state index in [4.69, 9.17) is 11.6 Å². The number of rotatable bonds is 2. The van der Waals surface area contributed by atoms with Crippen molar-refractivity contribution in [3.8, 4) is 0 Å². The summed E-state index contributed by atoms with van der Waals surface area (Å²) in [6.07, 6.45) is -1.14. The number of hydrogen-bond acceptors (Lipinski definition) is 1. The van der Waals surface area contributed by atoms with Gasteiger partial charge in [0, 0.05) is 17.1 Å². The molecule has 1 aromatic rings. The average molecular weight is 271 g/mol. The molecule has 0 saturated carbocycles. The predicted octanol–water partition coefficient (Wildman–Crippen LogP) is 3.88. The van der Waals surface area contributed by atoms with E-state index >= 15 is 0 Å². The molecule has 1 rings (SSSR count). The van der Waals surface area contributed by atoms with Gasteiger partial charge in [-0.3, -0.25) is 4.98 Å². The van der Waals surface area contributed by atoms with E-state index in [0.717, 1.165) is 0 Å². The van der Waals surface area contributed by atoms with Gasteiger partial charge in [0.25, 0.3) is 6.43 Å². The van der Waals surface area contributed by atoms with E-state index in [1.165, 1.54) is 6.20 Å². The second kappa shape index (κ2) is 4.33. The fraction of sp³-hybridized carbons (Fsp3) is 0.375. The third-order valence-electron chi connectivity index (χ3n) is 1.75. The van der Waals surface area contributed by atoms with E-state index in [0.29, 0.717) is 16.6 Å². The lowest BCUT2D eigenvalue weighted by Gasteiger charge is -2.09. The smallest absolute Gasteiger partial charge is 0.258 e. The number of aromatic nitrogens is 1. The van der Waals surface area contributed by atoms with Crippen LogP contribution in [0, 0.1) is 6.92 Å². The molecule has 0 saturated heterocycles. The Morgan fingerprint density at radius 1 is 1.62 bits per heavy atom. The summed E-state index contributed by atoms with van der Waals surface area (Å²) in [5, 5.41) is 0.588. The highest BCUT2D eigenvalue weighted by molar-refractivity contribution is 9.08. The molecule has 0 aromatic carbocycles. The molecule has 1 aromatic heterocycles. The zero-order valence-electron chi connectivity index (χ0n) is 6.82. The molecule has 13 heavy (non-hydrogen) atoms. The van der Waals surface area contributed by atoms with Crippen LogP contribution in [0.2, 0.25) is 5.02 Å². The third kappa shape index (κ3) is 2.17. The molecule has 0 aliphatic carbocycles. The summed E-state index contributed by atoms with van der Waals surface area (Å²) in [7, 11) is 0. The fourth-order valence-electron chi connectivity index (χ4n) is 1.04. The summed E-state index contributed by atoms with van der Waals surface area (Å²) in [5.74, 6) is 0. The Labute approximate surface area is 88.2 Å². The van der Waals surface area contributed by atoms with Crippen molar-refractivity contribution in [2.24, 2.45) is 0 Å². The number of pyridine rings is 1. The lowest BCUT2D eigenvalue weighted by molar-refractivity contribution is 0.149. The standard InChI is InChI=1S/C8H7BrClF2N/c1-4-5(10)3-13-6(2-9)7(4)8(11)12/h3,8H,2H2,1H3. The van der Waals surface area contributed by atoms with Crippen molar-refractivity contribution < 1.29 is 8.78 Å². The second-order valence-electron chi connectivity index (χ2n) is 2.53. The maximum absolute atomic E-state index is 12.5. The number of hydrogen-bond donors (Lipinski definition) is 0. The van der Waals surface area contributed by atoms with Crippen molar-refractivity contribution in [1.29, 1.82) is 0 Å². The molecule has 0 amide bonds. The van der Waals surface area contributed by atoms with Gasteiger partial charge in [0.15, 0.2) is 0 Å². The molecule has 0 aliphatic rings. The largest absolute Gasteiger partial charge is 0.265 e. The molecule has 0 unspecified atom stereocenters. The molecule has 0 fully saturated rings. The molecule has 0 radical (unpaired) electrons. The second-order valence-corrected chi connectivity index (χ2v) is 3.49. The van der Waals surface area contributed by atoms with Crippen molar-refractivity contribution in [3.05, 3.63) is 28.0 Å². The Hall–Kier alpha value is -0.220. The molecule has 0 atom stereocenters. The van der Waals surface area contributed by atoms with E-state index in [-0.39, 0.29) is 10.6 Å². The van der Waals surface area contributed by atoms with Gasteiger partial charge in [-0.15, -0.1) is 0 Å². The van der Waals surface area contributed by atoms with Crippen LogP contribution in [0.15, 0.2) is 6.20 Å². The molecular weight excluding hydrogens is 263 g/mol. The summed E-state index contributed by atoms with van der Waals surface area (Å²) in [6.45, 7) is 1.57. The summed E-state index contributed by atoms with van der Waals surface area (Å²) in [5.41, 5.74) is 0.683. The molecule has 5 heteroatoms. The van der Waals surface area contributed by atoms with E-state index in [9.17, 15) is 8.78 Å². The first-order valence-electron chi connectivity index (χ1n) is 3.56. The first-order chi connectivity index (χ1) is 6.07. The van der Waals surface area contributed by atoms with Crippen molar-refractivity contribution in [3.63, 3.8) is 0 Å². The van der Waals surface area contributed by atoms with E-state index in [2.05, 4.69) is 20.9 Å². The van der Waals surface area contributed by atoms with Gasteiger partial charge < -0.3 is 0 Å². The van der Waals surface area contributed by atoms with Crippen LogP contribution >= 0.6 is 27.5 Å². The van der Waals surface area contributed by atoms with E-state index < -0.39 is 6.43 Å². The monoisotopic (exact) mass is 269 g/mol. The van der Waals surface area contributed by atoms with Crippen LogP contribution in [0.1, 0.15) is 23.2 Å².